The van der Waals surface area contributed by atoms with Crippen molar-refractivity contribution in [1.29, 1.82) is 0 Å². The minimum atomic E-state index is -3.80. The summed E-state index contributed by atoms with van der Waals surface area (Å²) in [5.41, 5.74) is 0.520. The van der Waals surface area contributed by atoms with E-state index in [0.717, 1.165) is 0 Å². The van der Waals surface area contributed by atoms with Crippen LogP contribution in [0.1, 0.15) is 27.6 Å². The molecule has 0 aromatic heterocycles. The maximum atomic E-state index is 13.0. The lowest BCUT2D eigenvalue weighted by molar-refractivity contribution is 0.0526. The van der Waals surface area contributed by atoms with E-state index in [4.69, 9.17) is 25.8 Å². The number of hydrogen-bond donors (Lipinski definition) is 1. The Balaban J connectivity index is 1.87. The van der Waals surface area contributed by atoms with Crippen LogP contribution >= 0.6 is 11.6 Å². The number of hydrogen-bond acceptors (Lipinski definition) is 7. The average Bonchev–Trinajstić information content (AvgIpc) is 2.79. The average molecular weight is 483 g/mol. The molecule has 0 spiro atoms. The van der Waals surface area contributed by atoms with Crippen LogP contribution in [0.25, 0.3) is 0 Å². The summed E-state index contributed by atoms with van der Waals surface area (Å²) in [5.74, 6) is -0.962. The summed E-state index contributed by atoms with van der Waals surface area (Å²) in [5, 5.41) is 2.75. The molecule has 2 aromatic rings. The first-order chi connectivity index (χ1) is 15.3. The van der Waals surface area contributed by atoms with Gasteiger partial charge in [-0.1, -0.05) is 11.6 Å². The van der Waals surface area contributed by atoms with Gasteiger partial charge in [-0.25, -0.2) is 13.2 Å². The highest BCUT2D eigenvalue weighted by Crippen LogP contribution is 2.27. The Kier molecular flexibility index (Phi) is 7.73. The van der Waals surface area contributed by atoms with Crippen LogP contribution in [-0.4, -0.2) is 64.6 Å². The van der Waals surface area contributed by atoms with Gasteiger partial charge >= 0.3 is 5.97 Å². The van der Waals surface area contributed by atoms with Gasteiger partial charge in [0.1, 0.15) is 5.75 Å². The summed E-state index contributed by atoms with van der Waals surface area (Å²) in [6.45, 7) is 2.98. The first kappa shape index (κ1) is 24.0. The van der Waals surface area contributed by atoms with Crippen LogP contribution in [0.4, 0.5) is 5.69 Å². The lowest BCUT2D eigenvalue weighted by Crippen LogP contribution is -2.40. The van der Waals surface area contributed by atoms with Crippen molar-refractivity contribution in [2.45, 2.75) is 11.8 Å². The lowest BCUT2D eigenvalue weighted by atomic mass is 10.1. The summed E-state index contributed by atoms with van der Waals surface area (Å²) in [6, 6.07) is 8.44. The molecule has 2 aromatic carbocycles. The molecule has 32 heavy (non-hydrogen) atoms. The molecule has 11 heteroatoms. The SMILES string of the molecule is CCOC(=O)c1ccc(NC(=O)c2cc(S(=O)(=O)N3CCOCC3)ccc2OC)cc1Cl. The number of nitrogens with one attached hydrogen (secondary N) is 1. The Bertz CT molecular complexity index is 1120. The highest BCUT2D eigenvalue weighted by Gasteiger charge is 2.28. The first-order valence-electron chi connectivity index (χ1n) is 9.82. The number of carbonyl (C=O) groups excluding carboxylic acids is 2. The van der Waals surface area contributed by atoms with Gasteiger partial charge in [0.15, 0.2) is 0 Å². The lowest BCUT2D eigenvalue weighted by Gasteiger charge is -2.26. The largest absolute Gasteiger partial charge is 0.496 e. The van der Waals surface area contributed by atoms with Crippen molar-refractivity contribution in [3.8, 4) is 5.75 Å². The van der Waals surface area contributed by atoms with Crippen LogP contribution < -0.4 is 10.1 Å². The zero-order chi connectivity index (χ0) is 23.3. The number of anilines is 1. The molecule has 1 N–H and O–H groups in total. The Morgan fingerprint density at radius 3 is 2.47 bits per heavy atom. The van der Waals surface area contributed by atoms with Crippen molar-refractivity contribution in [3.05, 3.63) is 52.5 Å². The minimum absolute atomic E-state index is 0.0268. The van der Waals surface area contributed by atoms with Crippen molar-refractivity contribution < 1.29 is 32.2 Å². The third-order valence-electron chi connectivity index (χ3n) is 4.75. The van der Waals surface area contributed by atoms with E-state index in [0.29, 0.717) is 18.9 Å². The Labute approximate surface area is 191 Å². The van der Waals surface area contributed by atoms with Crippen molar-refractivity contribution >= 4 is 39.2 Å². The molecule has 0 radical (unpaired) electrons. The normalized spacial score (nSPS) is 14.6. The van der Waals surface area contributed by atoms with Crippen molar-refractivity contribution in [1.82, 2.24) is 4.31 Å². The highest BCUT2D eigenvalue weighted by molar-refractivity contribution is 7.89. The molecule has 1 heterocycles. The molecule has 1 aliphatic rings. The zero-order valence-electron chi connectivity index (χ0n) is 17.6. The van der Waals surface area contributed by atoms with Gasteiger partial charge in [0, 0.05) is 18.8 Å². The van der Waals surface area contributed by atoms with Crippen LogP contribution in [0.5, 0.6) is 5.75 Å². The number of ether oxygens (including phenoxy) is 3. The second kappa shape index (κ2) is 10.3. The predicted molar refractivity (Wildman–Crippen MR) is 118 cm³/mol. The molecule has 0 aliphatic carbocycles. The molecule has 1 saturated heterocycles. The van der Waals surface area contributed by atoms with E-state index in [1.807, 2.05) is 0 Å². The molecular weight excluding hydrogens is 460 g/mol. The number of rotatable bonds is 7. The summed E-state index contributed by atoms with van der Waals surface area (Å²) < 4.78 is 42.6. The van der Waals surface area contributed by atoms with Gasteiger partial charge < -0.3 is 19.5 Å². The van der Waals surface area contributed by atoms with E-state index >= 15 is 0 Å². The number of sulfonamides is 1. The maximum absolute atomic E-state index is 13.0. The Morgan fingerprint density at radius 1 is 1.12 bits per heavy atom. The van der Waals surface area contributed by atoms with E-state index in [1.165, 1.54) is 47.8 Å². The van der Waals surface area contributed by atoms with Crippen molar-refractivity contribution in [3.63, 3.8) is 0 Å². The number of benzene rings is 2. The summed E-state index contributed by atoms with van der Waals surface area (Å²) in [6.07, 6.45) is 0. The number of amides is 1. The standard InChI is InChI=1S/C21H23ClN2O7S/c1-3-31-21(26)16-6-4-14(12-18(16)22)23-20(25)17-13-15(5-7-19(17)29-2)32(27,28)24-8-10-30-11-9-24/h4-7,12-13H,3,8-11H2,1-2H3,(H,23,25). The van der Waals surface area contributed by atoms with Gasteiger partial charge in [0.25, 0.3) is 5.91 Å². The molecule has 0 atom stereocenters. The van der Waals surface area contributed by atoms with E-state index in [-0.39, 0.29) is 46.5 Å². The van der Waals surface area contributed by atoms with Gasteiger partial charge in [-0.2, -0.15) is 4.31 Å². The Hall–Kier alpha value is -2.66. The molecular formula is C21H23ClN2O7S. The monoisotopic (exact) mass is 482 g/mol. The number of methoxy groups -OCH3 is 1. The van der Waals surface area contributed by atoms with E-state index < -0.39 is 21.9 Å². The van der Waals surface area contributed by atoms with Crippen LogP contribution in [0.3, 0.4) is 0 Å². The van der Waals surface area contributed by atoms with E-state index in [1.54, 1.807) is 6.92 Å². The summed E-state index contributed by atoms with van der Waals surface area (Å²) in [7, 11) is -2.42. The molecule has 172 valence electrons. The number of halogens is 1. The fourth-order valence-electron chi connectivity index (χ4n) is 3.13. The quantitative estimate of drug-likeness (QED) is 0.604. The van der Waals surface area contributed by atoms with Gasteiger partial charge in [0.2, 0.25) is 10.0 Å². The highest BCUT2D eigenvalue weighted by atomic mass is 35.5. The summed E-state index contributed by atoms with van der Waals surface area (Å²) >= 11 is 6.15. The third-order valence-corrected chi connectivity index (χ3v) is 6.95. The van der Waals surface area contributed by atoms with Crippen LogP contribution in [0.2, 0.25) is 5.02 Å². The number of esters is 1. The third kappa shape index (κ3) is 5.21. The predicted octanol–water partition coefficient (Wildman–Crippen LogP) is 2.80. The van der Waals surface area contributed by atoms with Gasteiger partial charge in [0.05, 0.1) is 48.0 Å². The molecule has 0 unspecified atom stereocenters. The second-order valence-corrected chi connectivity index (χ2v) is 9.09. The minimum Gasteiger partial charge on any atom is -0.496 e. The van der Waals surface area contributed by atoms with Crippen molar-refractivity contribution in [2.75, 3.05) is 45.3 Å². The maximum Gasteiger partial charge on any atom is 0.339 e. The van der Waals surface area contributed by atoms with Crippen LogP contribution in [0.15, 0.2) is 41.3 Å². The summed E-state index contributed by atoms with van der Waals surface area (Å²) in [4.78, 5) is 24.8. The molecule has 0 bridgehead atoms. The fourth-order valence-corrected chi connectivity index (χ4v) is 4.82. The first-order valence-corrected chi connectivity index (χ1v) is 11.6. The fraction of sp³-hybridized carbons (Fsp3) is 0.333. The van der Waals surface area contributed by atoms with E-state index in [9.17, 15) is 18.0 Å². The van der Waals surface area contributed by atoms with Crippen LogP contribution in [-0.2, 0) is 19.5 Å². The smallest absolute Gasteiger partial charge is 0.339 e. The van der Waals surface area contributed by atoms with Crippen molar-refractivity contribution in [2.24, 2.45) is 0 Å². The molecule has 0 saturated carbocycles. The number of morpholine rings is 1. The van der Waals surface area contributed by atoms with Gasteiger partial charge in [-0.15, -0.1) is 0 Å². The molecule has 3 rings (SSSR count). The molecule has 1 amide bonds. The molecule has 1 fully saturated rings. The van der Waals surface area contributed by atoms with Gasteiger partial charge in [-0.3, -0.25) is 4.79 Å². The Morgan fingerprint density at radius 2 is 1.84 bits per heavy atom. The number of nitrogens with zero attached hydrogens (tertiary/aromatic N) is 1. The van der Waals surface area contributed by atoms with E-state index in [2.05, 4.69) is 5.32 Å². The zero-order valence-corrected chi connectivity index (χ0v) is 19.2. The van der Waals surface area contributed by atoms with Gasteiger partial charge in [-0.05, 0) is 43.3 Å². The molecule has 9 nitrogen and oxygen atoms in total. The molecule has 1 aliphatic heterocycles. The topological polar surface area (TPSA) is 111 Å². The van der Waals surface area contributed by atoms with Crippen LogP contribution in [0, 0.1) is 0 Å². The second-order valence-electron chi connectivity index (χ2n) is 6.75. The number of carbonyl (C=O) groups is 2.